The summed E-state index contributed by atoms with van der Waals surface area (Å²) in [7, 11) is 1.66. The highest BCUT2D eigenvalue weighted by Crippen LogP contribution is 2.19. The molecule has 0 amide bonds. The number of nitrogens with zero attached hydrogens (tertiary/aromatic N) is 4. The van der Waals surface area contributed by atoms with Gasteiger partial charge in [-0.25, -0.2) is 9.98 Å². The first-order valence-electron chi connectivity index (χ1n) is 6.80. The summed E-state index contributed by atoms with van der Waals surface area (Å²) in [5.74, 6) is 0.225. The zero-order chi connectivity index (χ0) is 18.0. The lowest BCUT2D eigenvalue weighted by molar-refractivity contribution is 0.107. The second kappa shape index (κ2) is 9.84. The Hall–Kier alpha value is -2.19. The van der Waals surface area contributed by atoms with Crippen molar-refractivity contribution < 1.29 is 8.78 Å². The van der Waals surface area contributed by atoms with Gasteiger partial charge < -0.3 is 21.7 Å². The molecule has 0 atom stereocenters. The Labute approximate surface area is 146 Å². The molecule has 0 aliphatic heterocycles. The van der Waals surface area contributed by atoms with Crippen molar-refractivity contribution in [1.82, 2.24) is 15.6 Å². The highest BCUT2D eigenvalue weighted by Gasteiger charge is 2.23. The van der Waals surface area contributed by atoms with E-state index in [0.29, 0.717) is 24.1 Å². The lowest BCUT2D eigenvalue weighted by Gasteiger charge is -2.06. The number of alkyl halides is 3. The first-order valence-corrected chi connectivity index (χ1v) is 8.06. The predicted molar refractivity (Wildman–Crippen MR) is 91.5 cm³/mol. The van der Waals surface area contributed by atoms with Gasteiger partial charge in [0, 0.05) is 19.0 Å². The summed E-state index contributed by atoms with van der Waals surface area (Å²) in [5.41, 5.74) is 6.30. The highest BCUT2D eigenvalue weighted by molar-refractivity contribution is 7.13. The zero-order valence-electron chi connectivity index (χ0n) is 12.8. The fraction of sp³-hybridized carbons (Fsp3) is 0.500. The van der Waals surface area contributed by atoms with Crippen LogP contribution in [-0.4, -0.2) is 42.4 Å². The van der Waals surface area contributed by atoms with Gasteiger partial charge in [0.2, 0.25) is 12.2 Å². The van der Waals surface area contributed by atoms with Crippen LogP contribution in [0.4, 0.5) is 13.9 Å². The molecule has 1 rings (SSSR count). The molecule has 0 aliphatic carbocycles. The number of rotatable bonds is 7. The lowest BCUT2D eigenvalue weighted by atomic mass is 10.2. The fourth-order valence-electron chi connectivity index (χ4n) is 1.51. The minimum atomic E-state index is -3.42. The van der Waals surface area contributed by atoms with E-state index in [1.165, 1.54) is 11.3 Å². The fourth-order valence-corrected chi connectivity index (χ4v) is 2.32. The third-order valence-electron chi connectivity index (χ3n) is 2.52. The maximum Gasteiger partial charge on any atom is 0.341 e. The van der Waals surface area contributed by atoms with Crippen molar-refractivity contribution in [1.29, 1.82) is 5.26 Å². The summed E-state index contributed by atoms with van der Waals surface area (Å²) < 4.78 is 24.9. The van der Waals surface area contributed by atoms with Gasteiger partial charge in [-0.2, -0.15) is 14.0 Å². The van der Waals surface area contributed by atoms with E-state index < -0.39 is 11.9 Å². The molecule has 1 aromatic heterocycles. The summed E-state index contributed by atoms with van der Waals surface area (Å²) >= 11 is 6.02. The quantitative estimate of drug-likeness (QED) is 0.186. The Morgan fingerprint density at radius 1 is 1.58 bits per heavy atom. The molecule has 0 spiro atoms. The number of hydrogen-bond acceptors (Lipinski definition) is 5. The van der Waals surface area contributed by atoms with E-state index in [0.717, 1.165) is 12.1 Å². The molecule has 0 bridgehead atoms. The van der Waals surface area contributed by atoms with Crippen molar-refractivity contribution >= 4 is 40.0 Å². The number of aliphatic imine (C=N–C) groups is 2. The topological polar surface area (TPSA) is 124 Å². The molecule has 132 valence electrons. The number of nitrogens with one attached hydrogen (secondary N) is 3. The van der Waals surface area contributed by atoms with Crippen LogP contribution in [0.25, 0.3) is 0 Å². The van der Waals surface area contributed by atoms with Gasteiger partial charge in [-0.3, -0.25) is 0 Å². The van der Waals surface area contributed by atoms with Gasteiger partial charge in [0.25, 0.3) is 0 Å². The van der Waals surface area contributed by atoms with Gasteiger partial charge in [0.1, 0.15) is 6.54 Å². The molecular weight excluding hydrogens is 362 g/mol. The SMILES string of the molecule is CNC(=NC#N)NCCCc1csc(NC(N)=NCC(F)(F)Cl)n1. The number of anilines is 1. The normalized spacial score (nSPS) is 12.6. The number of guanidine groups is 2. The third-order valence-corrected chi connectivity index (χ3v) is 3.44. The second-order valence-electron chi connectivity index (χ2n) is 4.43. The molecule has 0 aliphatic rings. The Balaban J connectivity index is 2.38. The third kappa shape index (κ3) is 8.44. The minimum absolute atomic E-state index is 0.177. The molecule has 5 N–H and O–H groups in total. The van der Waals surface area contributed by atoms with E-state index in [9.17, 15) is 8.78 Å². The van der Waals surface area contributed by atoms with Gasteiger partial charge in [-0.15, -0.1) is 16.3 Å². The minimum Gasteiger partial charge on any atom is -0.370 e. The van der Waals surface area contributed by atoms with Gasteiger partial charge in [-0.05, 0) is 24.4 Å². The van der Waals surface area contributed by atoms with Crippen molar-refractivity contribution in [2.75, 3.05) is 25.5 Å². The number of aromatic nitrogens is 1. The Morgan fingerprint density at radius 3 is 2.96 bits per heavy atom. The van der Waals surface area contributed by atoms with Crippen LogP contribution in [0, 0.1) is 11.5 Å². The molecule has 0 unspecified atom stereocenters. The summed E-state index contributed by atoms with van der Waals surface area (Å²) in [6, 6.07) is 0. The number of aryl methyl sites for hydroxylation is 1. The van der Waals surface area contributed by atoms with Gasteiger partial charge in [0.15, 0.2) is 11.1 Å². The Morgan fingerprint density at radius 2 is 2.33 bits per heavy atom. The van der Waals surface area contributed by atoms with Crippen molar-refractivity contribution in [3.63, 3.8) is 0 Å². The summed E-state index contributed by atoms with van der Waals surface area (Å²) in [4.78, 5) is 11.2. The van der Waals surface area contributed by atoms with Crippen molar-refractivity contribution in [2.24, 2.45) is 15.7 Å². The van der Waals surface area contributed by atoms with Crippen LogP contribution in [0.3, 0.4) is 0 Å². The summed E-state index contributed by atoms with van der Waals surface area (Å²) in [5, 5.41) is 15.7. The molecule has 1 aromatic rings. The van der Waals surface area contributed by atoms with Gasteiger partial charge >= 0.3 is 5.38 Å². The van der Waals surface area contributed by atoms with Crippen LogP contribution >= 0.6 is 22.9 Å². The molecule has 0 aromatic carbocycles. The number of hydrogen-bond donors (Lipinski definition) is 4. The summed E-state index contributed by atoms with van der Waals surface area (Å²) in [6.45, 7) is -0.300. The van der Waals surface area contributed by atoms with Crippen molar-refractivity contribution in [3.05, 3.63) is 11.1 Å². The van der Waals surface area contributed by atoms with Gasteiger partial charge in [-0.1, -0.05) is 0 Å². The largest absolute Gasteiger partial charge is 0.370 e. The molecule has 0 fully saturated rings. The highest BCUT2D eigenvalue weighted by atomic mass is 35.5. The van der Waals surface area contributed by atoms with Crippen LogP contribution in [0.5, 0.6) is 0 Å². The summed E-state index contributed by atoms with van der Waals surface area (Å²) in [6.07, 6.45) is 3.13. The maximum absolute atomic E-state index is 12.5. The number of thiazole rings is 1. The van der Waals surface area contributed by atoms with E-state index in [1.807, 2.05) is 5.38 Å². The predicted octanol–water partition coefficient (Wildman–Crippen LogP) is 1.28. The molecule has 12 heteroatoms. The molecular formula is C12H17ClF2N8S. The molecule has 1 heterocycles. The first-order chi connectivity index (χ1) is 11.3. The molecule has 24 heavy (non-hydrogen) atoms. The average Bonchev–Trinajstić information content (AvgIpc) is 2.95. The van der Waals surface area contributed by atoms with Crippen molar-refractivity contribution in [3.8, 4) is 6.19 Å². The Bertz CT molecular complexity index is 619. The van der Waals surface area contributed by atoms with Crippen molar-refractivity contribution in [2.45, 2.75) is 18.2 Å². The number of nitriles is 1. The average molecular weight is 379 g/mol. The molecule has 0 radical (unpaired) electrons. The molecule has 8 nitrogen and oxygen atoms in total. The van der Waals surface area contributed by atoms with E-state index in [1.54, 1.807) is 13.2 Å². The van der Waals surface area contributed by atoms with Gasteiger partial charge in [0.05, 0.1) is 5.69 Å². The van der Waals surface area contributed by atoms with E-state index >= 15 is 0 Å². The van der Waals surface area contributed by atoms with E-state index in [-0.39, 0.29) is 5.96 Å². The van der Waals surface area contributed by atoms with Crippen LogP contribution < -0.4 is 21.7 Å². The standard InChI is InChI=1S/C12H17ClF2N8S/c1-18-10(21-7-16)19-4-2-3-8-5-24-11(22-8)23-9(17)20-6-12(13,14)15/h5H,2-4,6H2,1H3,(H2,18,19,21)(H3,17,20,22,23). The number of halogens is 3. The number of nitrogens with two attached hydrogens (primary N) is 1. The Kier molecular flexibility index (Phi) is 8.14. The van der Waals surface area contributed by atoms with E-state index in [2.05, 4.69) is 30.9 Å². The first kappa shape index (κ1) is 19.9. The van der Waals surface area contributed by atoms with Crippen LogP contribution in [0.15, 0.2) is 15.4 Å². The monoisotopic (exact) mass is 378 g/mol. The van der Waals surface area contributed by atoms with Crippen LogP contribution in [0.1, 0.15) is 12.1 Å². The molecule has 0 saturated heterocycles. The smallest absolute Gasteiger partial charge is 0.341 e. The molecule has 0 saturated carbocycles. The van der Waals surface area contributed by atoms with Crippen LogP contribution in [0.2, 0.25) is 0 Å². The second-order valence-corrected chi connectivity index (χ2v) is 5.84. The maximum atomic E-state index is 12.5. The lowest BCUT2D eigenvalue weighted by Crippen LogP contribution is -2.35. The van der Waals surface area contributed by atoms with Crippen LogP contribution in [-0.2, 0) is 6.42 Å². The van der Waals surface area contributed by atoms with E-state index in [4.69, 9.17) is 22.6 Å². The zero-order valence-corrected chi connectivity index (χ0v) is 14.4.